The molecule has 0 aromatic heterocycles. The molecule has 0 bridgehead atoms. The van der Waals surface area contributed by atoms with Gasteiger partial charge in [-0.15, -0.1) is 0 Å². The minimum absolute atomic E-state index is 0.144. The molecule has 0 rings (SSSR count). The molecule has 0 fully saturated rings. The average Bonchev–Trinajstić information content (AvgIpc) is 3.51. The van der Waals surface area contributed by atoms with Crippen LogP contribution in [-0.4, -0.2) is 52.2 Å². The lowest BCUT2D eigenvalue weighted by Gasteiger charge is -2.26. The van der Waals surface area contributed by atoms with Gasteiger partial charge in [0, 0.05) is 12.8 Å². The zero-order valence-electron chi connectivity index (χ0n) is 57.9. The van der Waals surface area contributed by atoms with Gasteiger partial charge >= 0.3 is 0 Å². The van der Waals surface area contributed by atoms with Crippen molar-refractivity contribution in [1.82, 2.24) is 0 Å². The molecule has 0 radical (unpaired) electrons. The Morgan fingerprint density at radius 1 is 0.217 bits per heavy atom. The fraction of sp³-hybridized carbons (Fsp3) is 0.947. The first-order valence-corrected chi connectivity index (χ1v) is 37.9. The van der Waals surface area contributed by atoms with Crippen molar-refractivity contribution < 1.29 is 33.2 Å². The predicted molar refractivity (Wildman–Crippen MR) is 362 cm³/mol. The fourth-order valence-electron chi connectivity index (χ4n) is 11.5. The Hall–Kier alpha value is -1.44. The van der Waals surface area contributed by atoms with Gasteiger partial charge in [0.1, 0.15) is 23.7 Å². The molecule has 0 amide bonds. The Morgan fingerprint density at radius 3 is 0.675 bits per heavy atom. The first-order valence-electron chi connectivity index (χ1n) is 37.9. The van der Waals surface area contributed by atoms with Crippen LogP contribution in [0.25, 0.3) is 0 Å². The highest BCUT2D eigenvalue weighted by Gasteiger charge is 2.26. The normalized spacial score (nSPS) is 13.1. The molecule has 0 N–H and O–H groups in total. The van der Waals surface area contributed by atoms with Crippen molar-refractivity contribution in [2.24, 2.45) is 0 Å². The lowest BCUT2D eigenvalue weighted by atomic mass is 10.0. The third kappa shape index (κ3) is 55.6. The van der Waals surface area contributed by atoms with Gasteiger partial charge in [-0.3, -0.25) is 0 Å². The molecule has 7 heteroatoms. The van der Waals surface area contributed by atoms with E-state index in [0.29, 0.717) is 13.2 Å². The van der Waals surface area contributed by atoms with Crippen LogP contribution in [0.4, 0.5) is 0 Å². The number of rotatable bonds is 72. The molecule has 0 aliphatic carbocycles. The number of unbranched alkanes of at least 4 members (excludes halogenated alkanes) is 44. The summed E-state index contributed by atoms with van der Waals surface area (Å²) in [7, 11) is 0. The molecule has 0 aliphatic heterocycles. The van der Waals surface area contributed by atoms with Crippen LogP contribution in [0.1, 0.15) is 415 Å². The average molecular weight is 1180 g/mol. The summed E-state index contributed by atoms with van der Waals surface area (Å²) in [4.78, 5) is 0. The van der Waals surface area contributed by atoms with E-state index in [1.54, 1.807) is 0 Å². The lowest BCUT2D eigenvalue weighted by Crippen LogP contribution is -2.25. The second-order valence-electron chi connectivity index (χ2n) is 25.4. The Balaban J connectivity index is 6.90. The summed E-state index contributed by atoms with van der Waals surface area (Å²) in [6.07, 6.45) is 68.9. The second kappa shape index (κ2) is 69.7. The van der Waals surface area contributed by atoms with E-state index in [-0.39, 0.29) is 25.8 Å². The van der Waals surface area contributed by atoms with Crippen molar-refractivity contribution in [3.8, 4) is 0 Å². The molecule has 2 atom stereocenters. The van der Waals surface area contributed by atoms with Crippen LogP contribution in [0.15, 0.2) is 23.0 Å². The first-order chi connectivity index (χ1) is 41.1. The van der Waals surface area contributed by atoms with E-state index in [9.17, 15) is 0 Å². The van der Waals surface area contributed by atoms with Crippen LogP contribution in [0.2, 0.25) is 0 Å². The molecule has 0 aromatic carbocycles. The first kappa shape index (κ1) is 81.6. The Morgan fingerprint density at radius 2 is 0.422 bits per heavy atom. The third-order valence-electron chi connectivity index (χ3n) is 17.1. The Labute approximate surface area is 521 Å². The number of allylic oxidation sites excluding steroid dienone is 2. The minimum Gasteiger partial charge on any atom is -0.494 e. The largest absolute Gasteiger partial charge is 0.494 e. The van der Waals surface area contributed by atoms with Crippen LogP contribution in [-0.2, 0) is 33.2 Å². The van der Waals surface area contributed by atoms with Crippen LogP contribution in [0.5, 0.6) is 0 Å². The summed E-state index contributed by atoms with van der Waals surface area (Å²) in [6, 6.07) is 0. The molecule has 0 aromatic rings. The van der Waals surface area contributed by atoms with E-state index < -0.39 is 0 Å². The smallest absolute Gasteiger partial charge is 0.162 e. The zero-order valence-corrected chi connectivity index (χ0v) is 57.9. The van der Waals surface area contributed by atoms with Crippen molar-refractivity contribution >= 4 is 0 Å². The second-order valence-corrected chi connectivity index (χ2v) is 25.4. The number of ether oxygens (including phenoxy) is 7. The topological polar surface area (TPSA) is 64.6 Å². The molecule has 0 heterocycles. The maximum Gasteiger partial charge on any atom is 0.162 e. The molecule has 2 unspecified atom stereocenters. The van der Waals surface area contributed by atoms with Gasteiger partial charge in [0.15, 0.2) is 25.1 Å². The van der Waals surface area contributed by atoms with Crippen LogP contribution >= 0.6 is 0 Å². The van der Waals surface area contributed by atoms with Gasteiger partial charge in [-0.05, 0) is 51.4 Å². The van der Waals surface area contributed by atoms with Gasteiger partial charge in [-0.2, -0.15) is 0 Å². The van der Waals surface area contributed by atoms with E-state index in [2.05, 4.69) is 55.4 Å². The summed E-state index contributed by atoms with van der Waals surface area (Å²) < 4.78 is 48.4. The van der Waals surface area contributed by atoms with Crippen molar-refractivity contribution in [2.45, 2.75) is 427 Å². The van der Waals surface area contributed by atoms with Crippen molar-refractivity contribution in [3.05, 3.63) is 23.0 Å². The summed E-state index contributed by atoms with van der Waals surface area (Å²) in [5, 5.41) is 0. The van der Waals surface area contributed by atoms with Crippen LogP contribution < -0.4 is 0 Å². The van der Waals surface area contributed by atoms with Crippen molar-refractivity contribution in [3.63, 3.8) is 0 Å². The molecular formula is C76H150O7. The summed E-state index contributed by atoms with van der Waals surface area (Å²) in [5.74, 6) is 3.98. The molecule has 0 saturated heterocycles. The minimum atomic E-state index is -0.224. The maximum atomic E-state index is 7.02. The molecule has 0 saturated carbocycles. The maximum absolute atomic E-state index is 7.02. The van der Waals surface area contributed by atoms with Crippen LogP contribution in [0.3, 0.4) is 0 Å². The Bertz CT molecular complexity index is 1200. The number of hydrogen-bond donors (Lipinski definition) is 0. The third-order valence-corrected chi connectivity index (χ3v) is 17.1. The SMILES string of the molecule is CCCCCCCCCCCCC(OCCCCCCCC)=C(OCCCCCCCC)C(CCCCCC)OCOCOC(CCCCCC)C(OCCCCCCCC)=C(CCCCCCCCCCCC)OCCCCCCCC. The summed E-state index contributed by atoms with van der Waals surface area (Å²) >= 11 is 0. The van der Waals surface area contributed by atoms with Gasteiger partial charge in [0.25, 0.3) is 0 Å². The highest BCUT2D eigenvalue weighted by atomic mass is 16.7. The summed E-state index contributed by atoms with van der Waals surface area (Å²) in [5.41, 5.74) is 0. The molecule has 7 nitrogen and oxygen atoms in total. The highest BCUT2D eigenvalue weighted by molar-refractivity contribution is 5.09. The van der Waals surface area contributed by atoms with Gasteiger partial charge in [0.2, 0.25) is 0 Å². The van der Waals surface area contributed by atoms with Crippen LogP contribution in [0, 0.1) is 0 Å². The van der Waals surface area contributed by atoms with E-state index in [1.165, 1.54) is 283 Å². The van der Waals surface area contributed by atoms with Gasteiger partial charge in [-0.1, -0.05) is 351 Å². The molecule has 83 heavy (non-hydrogen) atoms. The van der Waals surface area contributed by atoms with E-state index >= 15 is 0 Å². The zero-order chi connectivity index (χ0) is 60.3. The van der Waals surface area contributed by atoms with Gasteiger partial charge in [-0.25, -0.2) is 0 Å². The number of hydrogen-bond acceptors (Lipinski definition) is 7. The highest BCUT2D eigenvalue weighted by Crippen LogP contribution is 2.29. The molecule has 0 aliphatic rings. The standard InChI is InChI=1S/C76H150O7/c1-9-17-25-33-39-41-43-45-47-55-61-71(78-65-57-49-35-27-19-11-3)75(80-67-59-51-37-29-21-13-5)73(63-53-31-23-15-7)82-69-77-70-83-74(64-54-32-24-16-8)76(81-68-60-52-38-30-22-14-6)72(79-66-58-50-36-28-20-12-4)62-56-48-46-44-42-40-34-26-18-10-2/h73-74H,9-70H2,1-8H3. The molecule has 0 spiro atoms. The van der Waals surface area contributed by atoms with E-state index in [1.807, 2.05) is 0 Å². The summed E-state index contributed by atoms with van der Waals surface area (Å²) in [6.45, 7) is 21.6. The molecule has 496 valence electrons. The molecular weight excluding hydrogens is 1020 g/mol. The van der Waals surface area contributed by atoms with Gasteiger partial charge in [0.05, 0.1) is 26.4 Å². The van der Waals surface area contributed by atoms with Crippen molar-refractivity contribution in [2.75, 3.05) is 40.0 Å². The van der Waals surface area contributed by atoms with E-state index in [0.717, 1.165) is 113 Å². The monoisotopic (exact) mass is 1180 g/mol. The van der Waals surface area contributed by atoms with Crippen molar-refractivity contribution in [1.29, 1.82) is 0 Å². The Kier molecular flexibility index (Phi) is 68.4. The predicted octanol–water partition coefficient (Wildman–Crippen LogP) is 26.2. The lowest BCUT2D eigenvalue weighted by molar-refractivity contribution is -0.167. The van der Waals surface area contributed by atoms with E-state index in [4.69, 9.17) is 33.2 Å². The quantitative estimate of drug-likeness (QED) is 0.0342. The fourth-order valence-corrected chi connectivity index (χ4v) is 11.5. The van der Waals surface area contributed by atoms with Gasteiger partial charge < -0.3 is 33.2 Å².